The number of piperidine rings is 1. The summed E-state index contributed by atoms with van der Waals surface area (Å²) in [6, 6.07) is 3.94. The van der Waals surface area contributed by atoms with Gasteiger partial charge in [0.05, 0.1) is 16.5 Å². The molecule has 0 saturated carbocycles. The fourth-order valence-corrected chi connectivity index (χ4v) is 4.87. The van der Waals surface area contributed by atoms with Crippen LogP contribution in [-0.2, 0) is 4.79 Å². The van der Waals surface area contributed by atoms with Crippen molar-refractivity contribution in [3.8, 4) is 0 Å². The van der Waals surface area contributed by atoms with E-state index >= 15 is 0 Å². The van der Waals surface area contributed by atoms with Gasteiger partial charge in [0, 0.05) is 63.8 Å². The monoisotopic (exact) mass is 509 g/mol. The van der Waals surface area contributed by atoms with Gasteiger partial charge in [0.15, 0.2) is 5.82 Å². The molecule has 198 valence electrons. The van der Waals surface area contributed by atoms with Crippen molar-refractivity contribution in [3.63, 3.8) is 0 Å². The summed E-state index contributed by atoms with van der Waals surface area (Å²) in [7, 11) is 0. The topological polar surface area (TPSA) is 136 Å². The number of nitrogens with zero attached hydrogens (tertiary/aromatic N) is 8. The van der Waals surface area contributed by atoms with Crippen molar-refractivity contribution in [1.82, 2.24) is 29.6 Å². The lowest BCUT2D eigenvalue weighted by atomic mass is 9.94. The van der Waals surface area contributed by atoms with E-state index in [4.69, 9.17) is 10.2 Å². The molecule has 3 aromatic rings. The van der Waals surface area contributed by atoms with Crippen LogP contribution in [0.3, 0.4) is 0 Å². The molecule has 0 radical (unpaired) electrons. The second-order valence-corrected chi connectivity index (χ2v) is 10.3. The highest BCUT2D eigenvalue weighted by Gasteiger charge is 2.29. The van der Waals surface area contributed by atoms with E-state index in [2.05, 4.69) is 43.9 Å². The Labute approximate surface area is 215 Å². The molecule has 0 atom stereocenters. The molecule has 1 amide bonds. The van der Waals surface area contributed by atoms with Crippen molar-refractivity contribution in [2.75, 3.05) is 61.0 Å². The maximum Gasteiger partial charge on any atom is 0.248 e. The summed E-state index contributed by atoms with van der Waals surface area (Å²) < 4.78 is 1.99. The van der Waals surface area contributed by atoms with Crippen LogP contribution in [0.25, 0.3) is 10.9 Å². The Kier molecular flexibility index (Phi) is 6.86. The molecule has 0 unspecified atom stereocenters. The van der Waals surface area contributed by atoms with Crippen LogP contribution in [-0.4, -0.2) is 97.2 Å². The van der Waals surface area contributed by atoms with E-state index in [1.807, 2.05) is 29.9 Å². The Hall–Kier alpha value is -3.51. The third kappa shape index (κ3) is 5.30. The average molecular weight is 510 g/mol. The van der Waals surface area contributed by atoms with Crippen LogP contribution in [0, 0.1) is 0 Å². The lowest BCUT2D eigenvalue weighted by Gasteiger charge is -2.35. The van der Waals surface area contributed by atoms with E-state index in [1.165, 1.54) is 0 Å². The lowest BCUT2D eigenvalue weighted by Crippen LogP contribution is -2.49. The zero-order valence-corrected chi connectivity index (χ0v) is 21.6. The number of rotatable bonds is 6. The number of aliphatic hydroxyl groups is 2. The Morgan fingerprint density at radius 3 is 2.49 bits per heavy atom. The van der Waals surface area contributed by atoms with Crippen LogP contribution in [0.5, 0.6) is 0 Å². The first kappa shape index (κ1) is 25.2. The molecule has 37 heavy (non-hydrogen) atoms. The molecular weight excluding hydrogens is 474 g/mol. The van der Waals surface area contributed by atoms with Gasteiger partial charge in [-0.1, -0.05) is 0 Å². The molecule has 0 spiro atoms. The van der Waals surface area contributed by atoms with E-state index in [-0.39, 0.29) is 11.9 Å². The van der Waals surface area contributed by atoms with Crippen LogP contribution in [0.4, 0.5) is 23.4 Å². The first-order chi connectivity index (χ1) is 17.7. The first-order valence-corrected chi connectivity index (χ1v) is 12.8. The number of amides is 1. The quantitative estimate of drug-likeness (QED) is 0.449. The number of hydrogen-bond donors (Lipinski definition) is 3. The van der Waals surface area contributed by atoms with Gasteiger partial charge < -0.3 is 30.2 Å². The third-order valence-electron chi connectivity index (χ3n) is 7.15. The molecule has 2 saturated heterocycles. The summed E-state index contributed by atoms with van der Waals surface area (Å²) in [6.07, 6.45) is 4.92. The number of carbonyl (C=O) groups is 1. The largest absolute Gasteiger partial charge is 0.390 e. The van der Waals surface area contributed by atoms with Crippen LogP contribution >= 0.6 is 0 Å². The van der Waals surface area contributed by atoms with Gasteiger partial charge in [-0.05, 0) is 39.7 Å². The second kappa shape index (κ2) is 10.1. The maximum absolute atomic E-state index is 11.8. The molecule has 0 bridgehead atoms. The number of aliphatic hydroxyl groups excluding tert-OH is 1. The number of hydrogen-bond acceptors (Lipinski definition) is 10. The van der Waals surface area contributed by atoms with Crippen molar-refractivity contribution in [2.45, 2.75) is 45.3 Å². The highest BCUT2D eigenvalue weighted by molar-refractivity contribution is 5.92. The Morgan fingerprint density at radius 2 is 1.81 bits per heavy atom. The van der Waals surface area contributed by atoms with Crippen LogP contribution in [0.2, 0.25) is 0 Å². The molecule has 5 rings (SSSR count). The van der Waals surface area contributed by atoms with Gasteiger partial charge in [-0.2, -0.15) is 10.1 Å². The zero-order valence-electron chi connectivity index (χ0n) is 21.6. The molecule has 12 heteroatoms. The van der Waals surface area contributed by atoms with Gasteiger partial charge >= 0.3 is 0 Å². The van der Waals surface area contributed by atoms with E-state index in [0.29, 0.717) is 69.7 Å². The van der Waals surface area contributed by atoms with Crippen molar-refractivity contribution >= 4 is 40.2 Å². The molecule has 2 fully saturated rings. The average Bonchev–Trinajstić information content (AvgIpc) is 3.28. The summed E-state index contributed by atoms with van der Waals surface area (Å²) in [5.74, 6) is 2.55. The van der Waals surface area contributed by atoms with Gasteiger partial charge in [0.25, 0.3) is 0 Å². The first-order valence-electron chi connectivity index (χ1n) is 12.8. The summed E-state index contributed by atoms with van der Waals surface area (Å²) in [6.45, 7) is 9.40. The third-order valence-corrected chi connectivity index (χ3v) is 7.15. The minimum absolute atomic E-state index is 0.144. The van der Waals surface area contributed by atoms with Gasteiger partial charge in [-0.25, -0.2) is 9.97 Å². The minimum atomic E-state index is -0.631. The van der Waals surface area contributed by atoms with Crippen LogP contribution in [0.15, 0.2) is 24.5 Å². The number of carbonyl (C=O) groups excluding carboxylic acids is 1. The Bertz CT molecular complexity index is 1260. The van der Waals surface area contributed by atoms with Gasteiger partial charge in [-0.15, -0.1) is 0 Å². The predicted molar refractivity (Wildman–Crippen MR) is 141 cm³/mol. The van der Waals surface area contributed by atoms with Crippen molar-refractivity contribution in [3.05, 3.63) is 24.5 Å². The number of anilines is 4. The smallest absolute Gasteiger partial charge is 0.248 e. The predicted octanol–water partition coefficient (Wildman–Crippen LogP) is 1.54. The molecular formula is C25H35N9O3. The lowest BCUT2D eigenvalue weighted by molar-refractivity contribution is -0.134. The highest BCUT2D eigenvalue weighted by atomic mass is 16.3. The molecule has 3 N–H and O–H groups in total. The summed E-state index contributed by atoms with van der Waals surface area (Å²) in [4.78, 5) is 31.6. The molecule has 2 aliphatic heterocycles. The zero-order chi connectivity index (χ0) is 26.2. The summed E-state index contributed by atoms with van der Waals surface area (Å²) in [5, 5.41) is 28.6. The number of piperazine rings is 1. The van der Waals surface area contributed by atoms with Crippen molar-refractivity contribution < 1.29 is 15.0 Å². The fourth-order valence-electron chi connectivity index (χ4n) is 4.87. The van der Waals surface area contributed by atoms with Crippen LogP contribution in [0.1, 0.15) is 39.7 Å². The van der Waals surface area contributed by atoms with Crippen molar-refractivity contribution in [2.24, 2.45) is 0 Å². The standard InChI is InChI=1S/C25H35N9O3/c1-17(2)34-19-14-21(28-20-4-7-26-24(29-20)33-8-5-25(3,37)6-9-33)27-15-18(19)23(30-34)32-12-10-31(11-13-32)22(36)16-35/h4,7,14-15,17,35,37H,5-6,8-13,16H2,1-3H3,(H,26,27,28,29). The van der Waals surface area contributed by atoms with E-state index in [1.54, 1.807) is 11.1 Å². The molecule has 0 aromatic carbocycles. The SMILES string of the molecule is CC(C)n1nc(N2CCN(C(=O)CO)CC2)c2cnc(Nc3ccnc(N4CCC(C)(O)CC4)n3)cc21. The molecule has 3 aromatic heterocycles. The molecule has 5 heterocycles. The number of nitrogens with one attached hydrogen (secondary N) is 1. The second-order valence-electron chi connectivity index (χ2n) is 10.3. The number of aromatic nitrogens is 5. The van der Waals surface area contributed by atoms with Gasteiger partial charge in [0.1, 0.15) is 18.2 Å². The normalized spacial score (nSPS) is 18.1. The molecule has 12 nitrogen and oxygen atoms in total. The number of pyridine rings is 1. The Morgan fingerprint density at radius 1 is 1.08 bits per heavy atom. The molecule has 0 aliphatic carbocycles. The fraction of sp³-hybridized carbons (Fsp3) is 0.560. The van der Waals surface area contributed by atoms with Gasteiger partial charge in [0.2, 0.25) is 11.9 Å². The van der Waals surface area contributed by atoms with Gasteiger partial charge in [-0.3, -0.25) is 9.48 Å². The highest BCUT2D eigenvalue weighted by Crippen LogP contribution is 2.31. The van der Waals surface area contributed by atoms with E-state index in [9.17, 15) is 9.90 Å². The number of fused-ring (bicyclic) bond motifs is 1. The summed E-state index contributed by atoms with van der Waals surface area (Å²) in [5.41, 5.74) is 0.331. The maximum atomic E-state index is 11.8. The minimum Gasteiger partial charge on any atom is -0.390 e. The molecule has 2 aliphatic rings. The Balaban J connectivity index is 1.36. The summed E-state index contributed by atoms with van der Waals surface area (Å²) >= 11 is 0. The van der Waals surface area contributed by atoms with Crippen LogP contribution < -0.4 is 15.1 Å². The van der Waals surface area contributed by atoms with E-state index < -0.39 is 12.2 Å². The van der Waals surface area contributed by atoms with E-state index in [0.717, 1.165) is 16.7 Å². The van der Waals surface area contributed by atoms with Crippen molar-refractivity contribution in [1.29, 1.82) is 0 Å².